The lowest BCUT2D eigenvalue weighted by molar-refractivity contribution is 0.439. The van der Waals surface area contributed by atoms with Gasteiger partial charge >= 0.3 is 0 Å². The summed E-state index contributed by atoms with van der Waals surface area (Å²) in [5, 5.41) is 4.93. The Morgan fingerprint density at radius 2 is 1.90 bits per heavy atom. The summed E-state index contributed by atoms with van der Waals surface area (Å²) >= 11 is 12.0. The van der Waals surface area contributed by atoms with Gasteiger partial charge in [-0.3, -0.25) is 4.98 Å². The predicted octanol–water partition coefficient (Wildman–Crippen LogP) is 4.29. The molecule has 0 aliphatic rings. The molecule has 0 aliphatic heterocycles. The molecule has 2 heterocycles. The van der Waals surface area contributed by atoms with Crippen LogP contribution in [0.3, 0.4) is 0 Å². The quantitative estimate of drug-likeness (QED) is 0.767. The second-order valence-electron chi connectivity index (χ2n) is 4.14. The number of rotatable bonds is 2. The van der Waals surface area contributed by atoms with Gasteiger partial charge in [0.05, 0.1) is 15.6 Å². The number of aromatic nitrogens is 2. The van der Waals surface area contributed by atoms with Crippen LogP contribution < -0.4 is 5.73 Å². The van der Waals surface area contributed by atoms with Gasteiger partial charge in [0.15, 0.2) is 0 Å². The summed E-state index contributed by atoms with van der Waals surface area (Å²) in [5.74, 6) is 0.235. The molecule has 100 valence electrons. The van der Waals surface area contributed by atoms with E-state index in [4.69, 9.17) is 33.5 Å². The summed E-state index contributed by atoms with van der Waals surface area (Å²) in [6.45, 7) is 0. The van der Waals surface area contributed by atoms with Crippen LogP contribution in [0.15, 0.2) is 47.2 Å². The van der Waals surface area contributed by atoms with E-state index in [2.05, 4.69) is 10.1 Å². The van der Waals surface area contributed by atoms with Crippen molar-refractivity contribution < 1.29 is 4.52 Å². The number of benzene rings is 1. The lowest BCUT2D eigenvalue weighted by Crippen LogP contribution is -1.88. The third kappa shape index (κ3) is 2.24. The third-order valence-electron chi connectivity index (χ3n) is 2.86. The first-order valence-electron chi connectivity index (χ1n) is 5.78. The van der Waals surface area contributed by atoms with Crippen LogP contribution in [0, 0.1) is 0 Å². The van der Waals surface area contributed by atoms with Gasteiger partial charge in [-0.15, -0.1) is 0 Å². The van der Waals surface area contributed by atoms with Crippen LogP contribution in [0.5, 0.6) is 0 Å². The molecule has 3 aromatic rings. The molecule has 4 nitrogen and oxygen atoms in total. The Bertz CT molecular complexity index is 756. The van der Waals surface area contributed by atoms with E-state index >= 15 is 0 Å². The molecule has 3 rings (SSSR count). The Balaban J connectivity index is 2.18. The molecule has 1 aromatic carbocycles. The van der Waals surface area contributed by atoms with Crippen LogP contribution >= 0.6 is 23.2 Å². The van der Waals surface area contributed by atoms with Crippen molar-refractivity contribution in [3.05, 3.63) is 52.8 Å². The molecule has 0 bridgehead atoms. The maximum atomic E-state index is 6.03. The molecule has 20 heavy (non-hydrogen) atoms. The Hall–Kier alpha value is -2.04. The van der Waals surface area contributed by atoms with Crippen LogP contribution in [-0.2, 0) is 0 Å². The largest absolute Gasteiger partial charge is 0.367 e. The fourth-order valence-corrected chi connectivity index (χ4v) is 2.23. The van der Waals surface area contributed by atoms with Crippen molar-refractivity contribution in [1.82, 2.24) is 10.1 Å². The average molecular weight is 306 g/mol. The van der Waals surface area contributed by atoms with Gasteiger partial charge in [0.1, 0.15) is 5.69 Å². The first-order valence-corrected chi connectivity index (χ1v) is 6.53. The van der Waals surface area contributed by atoms with Gasteiger partial charge in [-0.1, -0.05) is 40.5 Å². The van der Waals surface area contributed by atoms with E-state index in [1.165, 1.54) is 0 Å². The highest BCUT2D eigenvalue weighted by Gasteiger charge is 2.18. The lowest BCUT2D eigenvalue weighted by atomic mass is 10.0. The summed E-state index contributed by atoms with van der Waals surface area (Å²) in [5.41, 5.74) is 8.76. The van der Waals surface area contributed by atoms with Crippen molar-refractivity contribution in [1.29, 1.82) is 0 Å². The van der Waals surface area contributed by atoms with Crippen molar-refractivity contribution in [2.45, 2.75) is 0 Å². The van der Waals surface area contributed by atoms with Crippen molar-refractivity contribution in [3.8, 4) is 22.4 Å². The molecule has 2 N–H and O–H groups in total. The molecule has 0 unspecified atom stereocenters. The monoisotopic (exact) mass is 305 g/mol. The molecule has 0 amide bonds. The van der Waals surface area contributed by atoms with Crippen LogP contribution in [0.1, 0.15) is 0 Å². The molecule has 2 aromatic heterocycles. The number of nitrogen functional groups attached to an aromatic ring is 1. The van der Waals surface area contributed by atoms with Crippen LogP contribution in [0.4, 0.5) is 5.88 Å². The third-order valence-corrected chi connectivity index (χ3v) is 3.60. The number of hydrogen-bond donors (Lipinski definition) is 1. The molecular weight excluding hydrogens is 297 g/mol. The molecular formula is C14H9Cl2N3O. The van der Waals surface area contributed by atoms with Gasteiger partial charge in [-0.05, 0) is 18.2 Å². The van der Waals surface area contributed by atoms with Crippen molar-refractivity contribution >= 4 is 29.1 Å². The number of pyridine rings is 1. The smallest absolute Gasteiger partial charge is 0.230 e. The minimum absolute atomic E-state index is 0.235. The fourth-order valence-electron chi connectivity index (χ4n) is 1.93. The average Bonchev–Trinajstić information content (AvgIpc) is 2.85. The predicted molar refractivity (Wildman–Crippen MR) is 79.6 cm³/mol. The van der Waals surface area contributed by atoms with E-state index in [1.807, 2.05) is 18.2 Å². The van der Waals surface area contributed by atoms with E-state index in [0.29, 0.717) is 21.3 Å². The molecule has 0 saturated carbocycles. The van der Waals surface area contributed by atoms with Crippen molar-refractivity contribution in [3.63, 3.8) is 0 Å². The molecule has 6 heteroatoms. The van der Waals surface area contributed by atoms with Gasteiger partial charge in [-0.2, -0.15) is 0 Å². The number of anilines is 1. The van der Waals surface area contributed by atoms with Gasteiger partial charge in [-0.25, -0.2) is 0 Å². The van der Waals surface area contributed by atoms with E-state index in [9.17, 15) is 0 Å². The maximum Gasteiger partial charge on any atom is 0.230 e. The van der Waals surface area contributed by atoms with E-state index in [1.54, 1.807) is 24.5 Å². The normalized spacial score (nSPS) is 10.7. The maximum absolute atomic E-state index is 6.03. The molecule has 0 saturated heterocycles. The highest BCUT2D eigenvalue weighted by Crippen LogP contribution is 2.37. The SMILES string of the molecule is Nc1onc(-c2ccc(Cl)c(Cl)c2)c1-c1cccnc1. The highest BCUT2D eigenvalue weighted by atomic mass is 35.5. The van der Waals surface area contributed by atoms with Crippen LogP contribution in [0.25, 0.3) is 22.4 Å². The molecule has 0 radical (unpaired) electrons. The number of nitrogens with zero attached hydrogens (tertiary/aromatic N) is 2. The zero-order valence-electron chi connectivity index (χ0n) is 10.2. The molecule has 0 fully saturated rings. The Kier molecular flexibility index (Phi) is 3.34. The summed E-state index contributed by atoms with van der Waals surface area (Å²) < 4.78 is 5.10. The number of halogens is 2. The van der Waals surface area contributed by atoms with Crippen molar-refractivity contribution in [2.75, 3.05) is 5.73 Å². The number of nitrogens with two attached hydrogens (primary N) is 1. The minimum atomic E-state index is 0.235. The van der Waals surface area contributed by atoms with Crippen LogP contribution in [0.2, 0.25) is 10.0 Å². The first-order chi connectivity index (χ1) is 9.66. The fraction of sp³-hybridized carbons (Fsp3) is 0. The molecule has 0 aliphatic carbocycles. The van der Waals surface area contributed by atoms with Gasteiger partial charge in [0.25, 0.3) is 0 Å². The zero-order chi connectivity index (χ0) is 14.1. The topological polar surface area (TPSA) is 64.9 Å². The highest BCUT2D eigenvalue weighted by molar-refractivity contribution is 6.42. The van der Waals surface area contributed by atoms with Crippen molar-refractivity contribution in [2.24, 2.45) is 0 Å². The Morgan fingerprint density at radius 3 is 2.60 bits per heavy atom. The minimum Gasteiger partial charge on any atom is -0.367 e. The summed E-state index contributed by atoms with van der Waals surface area (Å²) in [7, 11) is 0. The molecule has 0 atom stereocenters. The summed E-state index contributed by atoms with van der Waals surface area (Å²) in [6, 6.07) is 8.95. The summed E-state index contributed by atoms with van der Waals surface area (Å²) in [4.78, 5) is 4.08. The second kappa shape index (κ2) is 5.15. The van der Waals surface area contributed by atoms with Crippen LogP contribution in [-0.4, -0.2) is 10.1 Å². The lowest BCUT2D eigenvalue weighted by Gasteiger charge is -2.03. The van der Waals surface area contributed by atoms with E-state index in [-0.39, 0.29) is 5.88 Å². The molecule has 0 spiro atoms. The van der Waals surface area contributed by atoms with E-state index < -0.39 is 0 Å². The first kappa shape index (κ1) is 13.0. The second-order valence-corrected chi connectivity index (χ2v) is 4.96. The number of hydrogen-bond acceptors (Lipinski definition) is 4. The van der Waals surface area contributed by atoms with E-state index in [0.717, 1.165) is 11.1 Å². The summed E-state index contributed by atoms with van der Waals surface area (Å²) in [6.07, 6.45) is 3.38. The standard InChI is InChI=1S/C14H9Cl2N3O/c15-10-4-3-8(6-11(10)16)13-12(14(17)20-19-13)9-2-1-5-18-7-9/h1-7H,17H2. The van der Waals surface area contributed by atoms with Gasteiger partial charge in [0, 0.05) is 23.5 Å². The zero-order valence-corrected chi connectivity index (χ0v) is 11.7. The van der Waals surface area contributed by atoms with Gasteiger partial charge in [0.2, 0.25) is 5.88 Å². The van der Waals surface area contributed by atoms with Gasteiger partial charge < -0.3 is 10.3 Å². The Labute approximate surface area is 125 Å². The Morgan fingerprint density at radius 1 is 1.05 bits per heavy atom.